The minimum atomic E-state index is 0.116. The zero-order valence-electron chi connectivity index (χ0n) is 11.5. The number of carbonyl (C=O) groups excluding carboxylic acids is 1. The summed E-state index contributed by atoms with van der Waals surface area (Å²) in [5.41, 5.74) is 0.981. The summed E-state index contributed by atoms with van der Waals surface area (Å²) >= 11 is 0. The van der Waals surface area contributed by atoms with Crippen LogP contribution in [0.5, 0.6) is 0 Å². The number of likely N-dealkylation sites (tertiary alicyclic amines) is 1. The highest BCUT2D eigenvalue weighted by atomic mass is 16.5. The van der Waals surface area contributed by atoms with E-state index in [9.17, 15) is 4.79 Å². The first-order valence-electron chi connectivity index (χ1n) is 7.04. The Morgan fingerprint density at radius 3 is 2.84 bits per heavy atom. The maximum Gasteiger partial charge on any atom is 0.272 e. The van der Waals surface area contributed by atoms with Crippen LogP contribution in [0.3, 0.4) is 0 Å². The highest BCUT2D eigenvalue weighted by molar-refractivity contribution is 5.92. The Bertz CT molecular complexity index is 458. The molecule has 3 rings (SSSR count). The van der Waals surface area contributed by atoms with Crippen molar-refractivity contribution in [3.05, 3.63) is 18.2 Å². The molecule has 1 amide bonds. The van der Waals surface area contributed by atoms with E-state index in [0.29, 0.717) is 11.1 Å². The summed E-state index contributed by atoms with van der Waals surface area (Å²) in [5, 5.41) is 0. The first kappa shape index (κ1) is 12.7. The smallest absolute Gasteiger partial charge is 0.272 e. The third kappa shape index (κ3) is 2.39. The van der Waals surface area contributed by atoms with E-state index in [0.717, 1.165) is 45.6 Å². The molecule has 0 aliphatic carbocycles. The number of hydrogen-bond donors (Lipinski definition) is 0. The van der Waals surface area contributed by atoms with Crippen LogP contribution in [0.15, 0.2) is 12.5 Å². The number of hydrogen-bond acceptors (Lipinski definition) is 3. The molecule has 5 heteroatoms. The van der Waals surface area contributed by atoms with Gasteiger partial charge in [0.2, 0.25) is 0 Å². The molecule has 1 spiro atoms. The summed E-state index contributed by atoms with van der Waals surface area (Å²) < 4.78 is 7.27. The molecule has 104 valence electrons. The number of aromatic nitrogens is 2. The van der Waals surface area contributed by atoms with Crippen LogP contribution in [0.1, 0.15) is 36.2 Å². The van der Waals surface area contributed by atoms with Crippen molar-refractivity contribution in [1.82, 2.24) is 14.5 Å². The fourth-order valence-corrected chi connectivity index (χ4v) is 3.32. The molecule has 0 aromatic carbocycles. The fraction of sp³-hybridized carbons (Fsp3) is 0.714. The van der Waals surface area contributed by atoms with Crippen LogP contribution in [0, 0.1) is 5.41 Å². The second-order valence-electron chi connectivity index (χ2n) is 5.83. The number of imidazole rings is 1. The second-order valence-corrected chi connectivity index (χ2v) is 5.83. The van der Waals surface area contributed by atoms with Gasteiger partial charge in [-0.25, -0.2) is 4.98 Å². The maximum absolute atomic E-state index is 12.5. The Hall–Kier alpha value is -1.36. The van der Waals surface area contributed by atoms with Crippen molar-refractivity contribution in [1.29, 1.82) is 0 Å². The van der Waals surface area contributed by atoms with Crippen molar-refractivity contribution in [3.63, 3.8) is 0 Å². The van der Waals surface area contributed by atoms with Gasteiger partial charge in [0, 0.05) is 33.4 Å². The number of ether oxygens (including phenoxy) is 1. The number of amides is 1. The van der Waals surface area contributed by atoms with Crippen LogP contribution in [0.25, 0.3) is 0 Å². The lowest BCUT2D eigenvalue weighted by Crippen LogP contribution is -2.48. The summed E-state index contributed by atoms with van der Waals surface area (Å²) in [6.45, 7) is 3.43. The zero-order chi connectivity index (χ0) is 13.3. The average Bonchev–Trinajstić information content (AvgIpc) is 2.85. The van der Waals surface area contributed by atoms with Crippen molar-refractivity contribution in [2.45, 2.75) is 25.7 Å². The second kappa shape index (κ2) is 4.96. The lowest BCUT2D eigenvalue weighted by Gasteiger charge is -2.45. The first-order valence-corrected chi connectivity index (χ1v) is 7.04. The molecule has 0 saturated carbocycles. The molecule has 2 fully saturated rings. The Kier molecular flexibility index (Phi) is 3.31. The average molecular weight is 263 g/mol. The molecule has 0 N–H and O–H groups in total. The molecule has 0 unspecified atom stereocenters. The minimum Gasteiger partial charge on any atom is -0.381 e. The lowest BCUT2D eigenvalue weighted by atomic mass is 9.74. The van der Waals surface area contributed by atoms with Gasteiger partial charge in [-0.3, -0.25) is 4.79 Å². The van der Waals surface area contributed by atoms with E-state index in [2.05, 4.69) is 4.98 Å². The molecule has 0 radical (unpaired) electrons. The van der Waals surface area contributed by atoms with Crippen molar-refractivity contribution in [2.24, 2.45) is 12.5 Å². The molecule has 0 bridgehead atoms. The largest absolute Gasteiger partial charge is 0.381 e. The summed E-state index contributed by atoms with van der Waals surface area (Å²) in [7, 11) is 1.87. The van der Waals surface area contributed by atoms with Gasteiger partial charge in [0.05, 0.1) is 12.5 Å². The molecule has 2 aliphatic rings. The van der Waals surface area contributed by atoms with E-state index in [4.69, 9.17) is 4.74 Å². The van der Waals surface area contributed by atoms with Gasteiger partial charge in [-0.15, -0.1) is 0 Å². The van der Waals surface area contributed by atoms with Crippen molar-refractivity contribution in [2.75, 3.05) is 26.3 Å². The number of piperidine rings is 1. The molecule has 19 heavy (non-hydrogen) atoms. The number of rotatable bonds is 1. The molecule has 1 aromatic heterocycles. The first-order chi connectivity index (χ1) is 9.20. The highest BCUT2D eigenvalue weighted by Crippen LogP contribution is 2.39. The quantitative estimate of drug-likeness (QED) is 0.770. The number of nitrogens with zero attached hydrogens (tertiary/aromatic N) is 3. The van der Waals surface area contributed by atoms with Gasteiger partial charge in [0.25, 0.3) is 5.91 Å². The molecular weight excluding hydrogens is 242 g/mol. The SMILES string of the molecule is Cn1cncc1C(=O)N1CCCC2(CCOCC2)C1. The van der Waals surface area contributed by atoms with Crippen molar-refractivity contribution < 1.29 is 9.53 Å². The molecule has 3 heterocycles. The minimum absolute atomic E-state index is 0.116. The van der Waals surface area contributed by atoms with E-state index >= 15 is 0 Å². The highest BCUT2D eigenvalue weighted by Gasteiger charge is 2.38. The van der Waals surface area contributed by atoms with Gasteiger partial charge in [-0.2, -0.15) is 0 Å². The molecular formula is C14H21N3O2. The van der Waals surface area contributed by atoms with Gasteiger partial charge in [-0.05, 0) is 31.1 Å². The Balaban J connectivity index is 1.74. The predicted molar refractivity (Wildman–Crippen MR) is 70.8 cm³/mol. The van der Waals surface area contributed by atoms with Gasteiger partial charge >= 0.3 is 0 Å². The summed E-state index contributed by atoms with van der Waals surface area (Å²) in [5.74, 6) is 0.116. The van der Waals surface area contributed by atoms with Gasteiger partial charge < -0.3 is 14.2 Å². The third-order valence-corrected chi connectivity index (χ3v) is 4.54. The van der Waals surface area contributed by atoms with Crippen LogP contribution in [0.2, 0.25) is 0 Å². The standard InChI is InChI=1S/C14H21N3O2/c1-16-11-15-9-12(16)13(18)17-6-2-3-14(10-17)4-7-19-8-5-14/h9,11H,2-8,10H2,1H3. The Morgan fingerprint density at radius 1 is 1.37 bits per heavy atom. The molecule has 1 aromatic rings. The number of carbonyl (C=O) groups is 1. The zero-order valence-corrected chi connectivity index (χ0v) is 11.5. The normalized spacial score (nSPS) is 22.7. The van der Waals surface area contributed by atoms with Crippen molar-refractivity contribution in [3.8, 4) is 0 Å². The summed E-state index contributed by atoms with van der Waals surface area (Å²) in [6.07, 6.45) is 7.84. The molecule has 5 nitrogen and oxygen atoms in total. The molecule has 0 atom stereocenters. The van der Waals surface area contributed by atoms with E-state index in [-0.39, 0.29) is 5.91 Å². The van der Waals surface area contributed by atoms with E-state index < -0.39 is 0 Å². The Labute approximate surface area is 113 Å². The lowest BCUT2D eigenvalue weighted by molar-refractivity contribution is -0.0231. The van der Waals surface area contributed by atoms with Gasteiger partial charge in [-0.1, -0.05) is 0 Å². The maximum atomic E-state index is 12.5. The monoisotopic (exact) mass is 263 g/mol. The fourth-order valence-electron chi connectivity index (χ4n) is 3.32. The predicted octanol–water partition coefficient (Wildman–Crippen LogP) is 1.45. The van der Waals surface area contributed by atoms with Crippen LogP contribution < -0.4 is 0 Å². The summed E-state index contributed by atoms with van der Waals surface area (Å²) in [4.78, 5) is 18.6. The van der Waals surface area contributed by atoms with Gasteiger partial charge in [0.1, 0.15) is 5.69 Å². The number of aryl methyl sites for hydroxylation is 1. The van der Waals surface area contributed by atoms with E-state index in [1.54, 1.807) is 17.1 Å². The van der Waals surface area contributed by atoms with Crippen LogP contribution >= 0.6 is 0 Å². The van der Waals surface area contributed by atoms with E-state index in [1.165, 1.54) is 6.42 Å². The van der Waals surface area contributed by atoms with Crippen molar-refractivity contribution >= 4 is 5.91 Å². The van der Waals surface area contributed by atoms with Crippen LogP contribution in [-0.4, -0.2) is 46.7 Å². The van der Waals surface area contributed by atoms with E-state index in [1.807, 2.05) is 11.9 Å². The third-order valence-electron chi connectivity index (χ3n) is 4.54. The van der Waals surface area contributed by atoms with Crippen LogP contribution in [0.4, 0.5) is 0 Å². The molecule has 2 aliphatic heterocycles. The summed E-state index contributed by atoms with van der Waals surface area (Å²) in [6, 6.07) is 0. The Morgan fingerprint density at radius 2 is 2.16 bits per heavy atom. The van der Waals surface area contributed by atoms with Gasteiger partial charge in [0.15, 0.2) is 0 Å². The topological polar surface area (TPSA) is 47.4 Å². The molecule has 2 saturated heterocycles. The van der Waals surface area contributed by atoms with Crippen LogP contribution in [-0.2, 0) is 11.8 Å².